The summed E-state index contributed by atoms with van der Waals surface area (Å²) >= 11 is 0. The maximum absolute atomic E-state index is 13.9. The molecular formula is C26H24F2N3O3+. The molecule has 6 nitrogen and oxygen atoms in total. The number of fused-ring (bicyclic) bond motifs is 3. The fourth-order valence-corrected chi connectivity index (χ4v) is 4.79. The number of allylic oxidation sites excluding steroid dienone is 1. The van der Waals surface area contributed by atoms with Crippen molar-refractivity contribution in [2.75, 3.05) is 18.0 Å². The Kier molecular flexibility index (Phi) is 5.31. The second-order valence-electron chi connectivity index (χ2n) is 8.43. The monoisotopic (exact) mass is 464 g/mol. The van der Waals surface area contributed by atoms with Crippen molar-refractivity contribution in [1.29, 1.82) is 0 Å². The maximum atomic E-state index is 13.9. The number of hydrogen-bond acceptors (Lipinski definition) is 4. The van der Waals surface area contributed by atoms with Crippen molar-refractivity contribution >= 4 is 39.2 Å². The van der Waals surface area contributed by atoms with Crippen LogP contribution in [0.5, 0.6) is 0 Å². The van der Waals surface area contributed by atoms with Gasteiger partial charge in [0, 0.05) is 48.3 Å². The summed E-state index contributed by atoms with van der Waals surface area (Å²) in [5.41, 5.74) is 2.03. The van der Waals surface area contributed by atoms with Crippen LogP contribution < -0.4 is 20.7 Å². The zero-order chi connectivity index (χ0) is 24.1. The van der Waals surface area contributed by atoms with Crippen LogP contribution in [0, 0.1) is 11.6 Å². The summed E-state index contributed by atoms with van der Waals surface area (Å²) in [4.78, 5) is 27.9. The summed E-state index contributed by atoms with van der Waals surface area (Å²) in [7, 11) is 1.70. The second kappa shape index (κ2) is 8.20. The zero-order valence-electron chi connectivity index (χ0n) is 19.2. The van der Waals surface area contributed by atoms with E-state index in [4.69, 9.17) is 4.42 Å². The highest BCUT2D eigenvalue weighted by atomic mass is 19.2. The number of hydrogen-bond donors (Lipinski definition) is 0. The Morgan fingerprint density at radius 3 is 2.56 bits per heavy atom. The molecule has 0 atom stereocenters. The third kappa shape index (κ3) is 3.41. The Morgan fingerprint density at radius 1 is 1.09 bits per heavy atom. The van der Waals surface area contributed by atoms with E-state index in [1.165, 1.54) is 4.57 Å². The quantitative estimate of drug-likeness (QED) is 0.338. The summed E-state index contributed by atoms with van der Waals surface area (Å²) < 4.78 is 36.5. The summed E-state index contributed by atoms with van der Waals surface area (Å²) in [6.07, 6.45) is 2.22. The van der Waals surface area contributed by atoms with Crippen LogP contribution in [0.25, 0.3) is 33.5 Å². The molecule has 8 heteroatoms. The lowest BCUT2D eigenvalue weighted by Crippen LogP contribution is -2.41. The molecule has 0 unspecified atom stereocenters. The fraction of sp³-hybridized carbons (Fsp3) is 0.269. The van der Waals surface area contributed by atoms with Gasteiger partial charge in [0.05, 0.1) is 19.2 Å². The van der Waals surface area contributed by atoms with Gasteiger partial charge in [-0.3, -0.25) is 0 Å². The number of benzene rings is 2. The van der Waals surface area contributed by atoms with Crippen LogP contribution in [-0.4, -0.2) is 17.7 Å². The van der Waals surface area contributed by atoms with Gasteiger partial charge in [0.1, 0.15) is 16.5 Å². The lowest BCUT2D eigenvalue weighted by Gasteiger charge is -2.20. The Hall–Kier alpha value is -3.81. The molecule has 0 amide bonds. The Labute approximate surface area is 194 Å². The Bertz CT molecular complexity index is 1610. The van der Waals surface area contributed by atoms with E-state index in [1.807, 2.05) is 18.2 Å². The average Bonchev–Trinajstić information content (AvgIpc) is 3.24. The van der Waals surface area contributed by atoms with E-state index in [0.717, 1.165) is 41.9 Å². The number of aryl methyl sites for hydroxylation is 1. The largest absolute Gasteiger partial charge is 0.422 e. The number of aromatic nitrogens is 2. The van der Waals surface area contributed by atoms with Crippen molar-refractivity contribution < 1.29 is 17.8 Å². The molecule has 5 rings (SSSR count). The van der Waals surface area contributed by atoms with E-state index in [0.29, 0.717) is 29.9 Å². The zero-order valence-corrected chi connectivity index (χ0v) is 19.2. The van der Waals surface area contributed by atoms with Crippen LogP contribution in [0.1, 0.15) is 31.7 Å². The average molecular weight is 464 g/mol. The van der Waals surface area contributed by atoms with Gasteiger partial charge in [-0.25, -0.2) is 22.9 Å². The molecule has 3 heterocycles. The van der Waals surface area contributed by atoms with Gasteiger partial charge < -0.3 is 9.32 Å². The highest BCUT2D eigenvalue weighted by Crippen LogP contribution is 2.28. The predicted molar refractivity (Wildman–Crippen MR) is 128 cm³/mol. The van der Waals surface area contributed by atoms with Crippen LogP contribution >= 0.6 is 0 Å². The molecule has 0 spiro atoms. The van der Waals surface area contributed by atoms with Gasteiger partial charge in [0.2, 0.25) is 0 Å². The van der Waals surface area contributed by atoms with Gasteiger partial charge in [0.15, 0.2) is 11.6 Å². The highest BCUT2D eigenvalue weighted by Gasteiger charge is 2.31. The smallest absolute Gasteiger partial charge is 0.345 e. The molecule has 0 saturated carbocycles. The van der Waals surface area contributed by atoms with Crippen molar-refractivity contribution in [3.05, 3.63) is 80.2 Å². The van der Waals surface area contributed by atoms with E-state index in [1.54, 1.807) is 23.8 Å². The number of rotatable bonds is 4. The molecule has 34 heavy (non-hydrogen) atoms. The molecule has 2 aromatic heterocycles. The van der Waals surface area contributed by atoms with E-state index in [-0.39, 0.29) is 16.5 Å². The SMILES string of the molecule is CCN(CC)c1ccc2cc(/C=C3\CCn4c3[n+](C)c3cc(F)c(F)cc3c4=O)c(=O)oc2c1. The Balaban J connectivity index is 1.65. The fourth-order valence-electron chi connectivity index (χ4n) is 4.79. The normalized spacial score (nSPS) is 14.3. The van der Waals surface area contributed by atoms with Crippen molar-refractivity contribution in [2.24, 2.45) is 7.05 Å². The summed E-state index contributed by atoms with van der Waals surface area (Å²) in [5, 5.41) is 0.902. The minimum Gasteiger partial charge on any atom is -0.422 e. The van der Waals surface area contributed by atoms with Gasteiger partial charge in [-0.05, 0) is 44.2 Å². The molecule has 4 aromatic rings. The van der Waals surface area contributed by atoms with E-state index >= 15 is 0 Å². The first-order valence-corrected chi connectivity index (χ1v) is 11.3. The van der Waals surface area contributed by atoms with E-state index in [9.17, 15) is 18.4 Å². The first kappa shape index (κ1) is 22.0. The highest BCUT2D eigenvalue weighted by molar-refractivity contribution is 5.86. The van der Waals surface area contributed by atoms with E-state index in [2.05, 4.69) is 18.7 Å². The molecule has 1 aliphatic heterocycles. The number of halogens is 2. The van der Waals surface area contributed by atoms with Crippen LogP contribution in [0.2, 0.25) is 0 Å². The molecule has 1 aliphatic rings. The molecule has 0 saturated heterocycles. The minimum absolute atomic E-state index is 0.112. The van der Waals surface area contributed by atoms with Crippen LogP contribution in [-0.2, 0) is 13.6 Å². The number of anilines is 1. The maximum Gasteiger partial charge on any atom is 0.345 e. The standard InChI is InChI=1S/C26H24F2N3O3/c1-4-30(5-2)18-7-6-15-10-17(26(33)34-23(15)12-18)11-16-8-9-31-24(16)29(3)22-14-21(28)20(27)13-19(22)25(31)32/h6-7,10-14H,4-5,8-9H2,1-3H3/q+1. The summed E-state index contributed by atoms with van der Waals surface area (Å²) in [5.74, 6) is -1.52. The lowest BCUT2D eigenvalue weighted by molar-refractivity contribution is -0.651. The van der Waals surface area contributed by atoms with Crippen LogP contribution in [0.4, 0.5) is 14.5 Å². The molecule has 0 fully saturated rings. The van der Waals surface area contributed by atoms with Gasteiger partial charge in [-0.15, -0.1) is 0 Å². The van der Waals surface area contributed by atoms with Crippen molar-refractivity contribution in [3.63, 3.8) is 0 Å². The predicted octanol–water partition coefficient (Wildman–Crippen LogP) is 4.00. The second-order valence-corrected chi connectivity index (χ2v) is 8.43. The van der Waals surface area contributed by atoms with E-state index < -0.39 is 17.3 Å². The van der Waals surface area contributed by atoms with Crippen molar-refractivity contribution in [2.45, 2.75) is 26.8 Å². The lowest BCUT2D eigenvalue weighted by atomic mass is 10.1. The van der Waals surface area contributed by atoms with Crippen molar-refractivity contribution in [3.8, 4) is 0 Å². The first-order valence-electron chi connectivity index (χ1n) is 11.3. The molecular weight excluding hydrogens is 440 g/mol. The molecule has 0 bridgehead atoms. The molecule has 2 aromatic carbocycles. The molecule has 0 radical (unpaired) electrons. The molecule has 0 N–H and O–H groups in total. The third-order valence-electron chi connectivity index (χ3n) is 6.55. The van der Waals surface area contributed by atoms with Gasteiger partial charge in [-0.1, -0.05) is 0 Å². The third-order valence-corrected chi connectivity index (χ3v) is 6.55. The summed E-state index contributed by atoms with van der Waals surface area (Å²) in [6, 6.07) is 9.53. The van der Waals surface area contributed by atoms with Gasteiger partial charge in [0.25, 0.3) is 5.82 Å². The molecule has 0 aliphatic carbocycles. The van der Waals surface area contributed by atoms with Crippen LogP contribution in [0.3, 0.4) is 0 Å². The Morgan fingerprint density at radius 2 is 1.82 bits per heavy atom. The van der Waals surface area contributed by atoms with Gasteiger partial charge in [-0.2, -0.15) is 4.57 Å². The van der Waals surface area contributed by atoms with Crippen LogP contribution in [0.15, 0.2) is 50.4 Å². The molecule has 174 valence electrons. The summed E-state index contributed by atoms with van der Waals surface area (Å²) in [6.45, 7) is 6.21. The van der Waals surface area contributed by atoms with Gasteiger partial charge >= 0.3 is 11.2 Å². The van der Waals surface area contributed by atoms with Crippen molar-refractivity contribution in [1.82, 2.24) is 4.57 Å². The minimum atomic E-state index is -1.06. The topological polar surface area (TPSA) is 59.3 Å². The first-order chi connectivity index (χ1) is 16.3. The number of nitrogens with zero attached hydrogens (tertiary/aromatic N) is 3.